The zero-order valence-corrected chi connectivity index (χ0v) is 13.8. The molecule has 2 aromatic carbocycles. The number of benzene rings is 2. The summed E-state index contributed by atoms with van der Waals surface area (Å²) in [6, 6.07) is 13.5. The van der Waals surface area contributed by atoms with Crippen molar-refractivity contribution in [3.05, 3.63) is 64.2 Å². The van der Waals surface area contributed by atoms with Crippen LogP contribution in [-0.2, 0) is 16.1 Å². The molecule has 1 aliphatic heterocycles. The molecule has 0 aliphatic carbocycles. The summed E-state index contributed by atoms with van der Waals surface area (Å²) in [7, 11) is 1.64. The maximum absolute atomic E-state index is 12.7. The van der Waals surface area contributed by atoms with Gasteiger partial charge in [0.05, 0.1) is 17.2 Å². The normalized spacial score (nSPS) is 16.9. The molecule has 1 heterocycles. The molecule has 0 bridgehead atoms. The Morgan fingerprint density at radius 2 is 2.08 bits per heavy atom. The number of anilines is 2. The van der Waals surface area contributed by atoms with Gasteiger partial charge in [0, 0.05) is 31.5 Å². The Kier molecular flexibility index (Phi) is 4.95. The summed E-state index contributed by atoms with van der Waals surface area (Å²) in [5.74, 6) is -0.0855. The van der Waals surface area contributed by atoms with Crippen molar-refractivity contribution in [2.75, 3.05) is 23.9 Å². The average Bonchev–Trinajstić information content (AvgIpc) is 2.96. The third-order valence-corrected chi connectivity index (χ3v) is 4.14. The van der Waals surface area contributed by atoms with Crippen molar-refractivity contribution in [3.63, 3.8) is 0 Å². The first kappa shape index (κ1) is 16.9. The molecule has 1 aliphatic rings. The van der Waals surface area contributed by atoms with Crippen LogP contribution in [0, 0.1) is 10.1 Å². The maximum atomic E-state index is 12.7. The van der Waals surface area contributed by atoms with Crippen molar-refractivity contribution < 1.29 is 14.5 Å². The van der Waals surface area contributed by atoms with Gasteiger partial charge < -0.3 is 15.0 Å². The number of nitrogens with one attached hydrogen (secondary N) is 1. The number of non-ortho nitro benzene ring substituents is 1. The fourth-order valence-electron chi connectivity index (χ4n) is 2.96. The number of amides is 1. The van der Waals surface area contributed by atoms with Gasteiger partial charge in [-0.1, -0.05) is 18.2 Å². The zero-order valence-electron chi connectivity index (χ0n) is 13.8. The summed E-state index contributed by atoms with van der Waals surface area (Å²) < 4.78 is 5.12. The standard InChI is InChI=1S/C18H19N3O4/c1-25-12-13-4-2-5-14(10-13)19-17-8-9-20(18(17)22)15-6-3-7-16(11-15)21(23)24/h2-7,10-11,17,19H,8-9,12H2,1H3/t17-/m0/s1. The molecule has 3 rings (SSSR count). The molecule has 130 valence electrons. The molecule has 1 saturated heterocycles. The molecule has 1 N–H and O–H groups in total. The highest BCUT2D eigenvalue weighted by atomic mass is 16.6. The van der Waals surface area contributed by atoms with Gasteiger partial charge in [0.15, 0.2) is 0 Å². The lowest BCUT2D eigenvalue weighted by atomic mass is 10.2. The second-order valence-electron chi connectivity index (χ2n) is 5.89. The number of carbonyl (C=O) groups excluding carboxylic acids is 1. The molecule has 25 heavy (non-hydrogen) atoms. The monoisotopic (exact) mass is 341 g/mol. The van der Waals surface area contributed by atoms with Gasteiger partial charge in [-0.15, -0.1) is 0 Å². The van der Waals surface area contributed by atoms with Crippen LogP contribution in [-0.4, -0.2) is 30.5 Å². The van der Waals surface area contributed by atoms with E-state index in [4.69, 9.17) is 4.74 Å². The number of ether oxygens (including phenoxy) is 1. The van der Waals surface area contributed by atoms with Crippen LogP contribution in [0.2, 0.25) is 0 Å². The van der Waals surface area contributed by atoms with Crippen LogP contribution in [0.4, 0.5) is 17.1 Å². The first-order valence-electron chi connectivity index (χ1n) is 7.99. The van der Waals surface area contributed by atoms with Crippen LogP contribution in [0.25, 0.3) is 0 Å². The lowest BCUT2D eigenvalue weighted by Gasteiger charge is -2.18. The van der Waals surface area contributed by atoms with E-state index in [1.807, 2.05) is 24.3 Å². The molecule has 0 spiro atoms. The minimum absolute atomic E-state index is 0.0195. The lowest BCUT2D eigenvalue weighted by Crippen LogP contribution is -2.33. The number of nitrogens with zero attached hydrogens (tertiary/aromatic N) is 2. The summed E-state index contributed by atoms with van der Waals surface area (Å²) in [6.07, 6.45) is 0.635. The highest BCUT2D eigenvalue weighted by Gasteiger charge is 2.33. The van der Waals surface area contributed by atoms with E-state index < -0.39 is 4.92 Å². The van der Waals surface area contributed by atoms with Gasteiger partial charge in [0.25, 0.3) is 5.69 Å². The number of hydrogen-bond donors (Lipinski definition) is 1. The van der Waals surface area contributed by atoms with E-state index in [0.29, 0.717) is 25.3 Å². The number of carbonyl (C=O) groups is 1. The van der Waals surface area contributed by atoms with Crippen LogP contribution in [0.15, 0.2) is 48.5 Å². The van der Waals surface area contributed by atoms with Gasteiger partial charge in [-0.2, -0.15) is 0 Å². The molecule has 0 aromatic heterocycles. The van der Waals surface area contributed by atoms with Crippen LogP contribution < -0.4 is 10.2 Å². The van der Waals surface area contributed by atoms with E-state index in [1.54, 1.807) is 24.1 Å². The predicted molar refractivity (Wildman–Crippen MR) is 94.6 cm³/mol. The molecule has 0 saturated carbocycles. The van der Waals surface area contributed by atoms with E-state index in [-0.39, 0.29) is 17.6 Å². The average molecular weight is 341 g/mol. The molecular weight excluding hydrogens is 322 g/mol. The molecule has 1 amide bonds. The largest absolute Gasteiger partial charge is 0.380 e. The van der Waals surface area contributed by atoms with E-state index >= 15 is 0 Å². The maximum Gasteiger partial charge on any atom is 0.271 e. The number of rotatable bonds is 6. The summed E-state index contributed by atoms with van der Waals surface area (Å²) in [5, 5.41) is 14.2. The van der Waals surface area contributed by atoms with Crippen LogP contribution in [0.3, 0.4) is 0 Å². The molecule has 7 nitrogen and oxygen atoms in total. The Bertz CT molecular complexity index is 793. The molecule has 7 heteroatoms. The Labute approximate surface area is 145 Å². The first-order chi connectivity index (χ1) is 12.1. The lowest BCUT2D eigenvalue weighted by molar-refractivity contribution is -0.384. The topological polar surface area (TPSA) is 84.7 Å². The van der Waals surface area contributed by atoms with Crippen LogP contribution in [0.1, 0.15) is 12.0 Å². The SMILES string of the molecule is COCc1cccc(N[C@H]2CCN(c3cccc([N+](=O)[O-])c3)C2=O)c1. The summed E-state index contributed by atoms with van der Waals surface area (Å²) >= 11 is 0. The van der Waals surface area contributed by atoms with Gasteiger partial charge in [0.1, 0.15) is 6.04 Å². The molecule has 2 aromatic rings. The quantitative estimate of drug-likeness (QED) is 0.645. The fourth-order valence-corrected chi connectivity index (χ4v) is 2.96. The Morgan fingerprint density at radius 1 is 1.28 bits per heavy atom. The van der Waals surface area contributed by atoms with Crippen molar-refractivity contribution in [1.82, 2.24) is 0 Å². The van der Waals surface area contributed by atoms with E-state index in [1.165, 1.54) is 12.1 Å². The summed E-state index contributed by atoms with van der Waals surface area (Å²) in [4.78, 5) is 24.7. The van der Waals surface area contributed by atoms with Crippen LogP contribution >= 0.6 is 0 Å². The number of methoxy groups -OCH3 is 1. The van der Waals surface area contributed by atoms with Gasteiger partial charge in [-0.05, 0) is 30.2 Å². The second-order valence-corrected chi connectivity index (χ2v) is 5.89. The van der Waals surface area contributed by atoms with Gasteiger partial charge in [-0.3, -0.25) is 14.9 Å². The smallest absolute Gasteiger partial charge is 0.271 e. The molecule has 1 atom stereocenters. The predicted octanol–water partition coefficient (Wildman–Crippen LogP) is 2.96. The third kappa shape index (κ3) is 3.77. The van der Waals surface area contributed by atoms with E-state index in [2.05, 4.69) is 5.32 Å². The highest BCUT2D eigenvalue weighted by molar-refractivity contribution is 6.01. The molecule has 0 unspecified atom stereocenters. The Balaban J connectivity index is 1.73. The molecule has 1 fully saturated rings. The second kappa shape index (κ2) is 7.31. The van der Waals surface area contributed by atoms with E-state index in [0.717, 1.165) is 11.3 Å². The van der Waals surface area contributed by atoms with Crippen molar-refractivity contribution in [2.24, 2.45) is 0 Å². The highest BCUT2D eigenvalue weighted by Crippen LogP contribution is 2.27. The number of nitro groups is 1. The molecule has 0 radical (unpaired) electrons. The number of nitro benzene ring substituents is 1. The summed E-state index contributed by atoms with van der Waals surface area (Å²) in [6.45, 7) is 1.03. The van der Waals surface area contributed by atoms with Gasteiger partial charge in [0.2, 0.25) is 5.91 Å². The minimum Gasteiger partial charge on any atom is -0.380 e. The van der Waals surface area contributed by atoms with Crippen molar-refractivity contribution >= 4 is 23.0 Å². The molecular formula is C18H19N3O4. The number of hydrogen-bond acceptors (Lipinski definition) is 5. The van der Waals surface area contributed by atoms with Crippen molar-refractivity contribution in [1.29, 1.82) is 0 Å². The van der Waals surface area contributed by atoms with Gasteiger partial charge in [-0.25, -0.2) is 0 Å². The summed E-state index contributed by atoms with van der Waals surface area (Å²) in [5.41, 5.74) is 2.41. The zero-order chi connectivity index (χ0) is 17.8. The minimum atomic E-state index is -0.457. The van der Waals surface area contributed by atoms with Crippen molar-refractivity contribution in [2.45, 2.75) is 19.1 Å². The van der Waals surface area contributed by atoms with Crippen LogP contribution in [0.5, 0.6) is 0 Å². The Hall–Kier alpha value is -2.93. The van der Waals surface area contributed by atoms with E-state index in [9.17, 15) is 14.9 Å². The van der Waals surface area contributed by atoms with Crippen molar-refractivity contribution in [3.8, 4) is 0 Å². The third-order valence-electron chi connectivity index (χ3n) is 4.14. The van der Waals surface area contributed by atoms with Gasteiger partial charge >= 0.3 is 0 Å². The Morgan fingerprint density at radius 3 is 2.84 bits per heavy atom. The fraction of sp³-hybridized carbons (Fsp3) is 0.278. The first-order valence-corrected chi connectivity index (χ1v) is 7.99.